The predicted octanol–water partition coefficient (Wildman–Crippen LogP) is 4.01. The second-order valence-electron chi connectivity index (χ2n) is 5.14. The van der Waals surface area contributed by atoms with Crippen molar-refractivity contribution in [3.8, 4) is 5.75 Å². The maximum absolute atomic E-state index is 5.97. The molecule has 2 rings (SSSR count). The van der Waals surface area contributed by atoms with E-state index >= 15 is 0 Å². The van der Waals surface area contributed by atoms with Crippen molar-refractivity contribution in [3.63, 3.8) is 0 Å². The summed E-state index contributed by atoms with van der Waals surface area (Å²) < 4.78 is 9.00. The summed E-state index contributed by atoms with van der Waals surface area (Å²) in [4.78, 5) is 0. The van der Waals surface area contributed by atoms with Crippen molar-refractivity contribution in [2.45, 2.75) is 47.3 Å². The summed E-state index contributed by atoms with van der Waals surface area (Å²) in [6.07, 6.45) is 0.900. The van der Waals surface area contributed by atoms with Gasteiger partial charge in [-0.1, -0.05) is 13.0 Å². The SMILES string of the molecule is CCc1nn(CC)c(COc2cc(N)c(C)cc2C)c1Br. The molecule has 21 heavy (non-hydrogen) atoms. The molecule has 0 spiro atoms. The Labute approximate surface area is 134 Å². The lowest BCUT2D eigenvalue weighted by Gasteiger charge is -2.12. The number of hydrogen-bond donors (Lipinski definition) is 1. The number of anilines is 1. The Morgan fingerprint density at radius 2 is 1.95 bits per heavy atom. The number of aryl methyl sites for hydroxylation is 4. The van der Waals surface area contributed by atoms with E-state index in [0.29, 0.717) is 6.61 Å². The zero-order chi connectivity index (χ0) is 15.6. The highest BCUT2D eigenvalue weighted by Gasteiger charge is 2.15. The molecule has 0 bridgehead atoms. The van der Waals surface area contributed by atoms with Gasteiger partial charge >= 0.3 is 0 Å². The molecule has 0 aliphatic rings. The first kappa shape index (κ1) is 15.9. The van der Waals surface area contributed by atoms with Crippen LogP contribution in [0.2, 0.25) is 0 Å². The molecule has 1 aromatic carbocycles. The van der Waals surface area contributed by atoms with Gasteiger partial charge in [-0.3, -0.25) is 4.68 Å². The maximum atomic E-state index is 5.97. The Morgan fingerprint density at radius 3 is 2.57 bits per heavy atom. The second-order valence-corrected chi connectivity index (χ2v) is 5.93. The van der Waals surface area contributed by atoms with E-state index in [1.165, 1.54) is 0 Å². The number of nitrogen functional groups attached to an aromatic ring is 1. The zero-order valence-electron chi connectivity index (χ0n) is 13.0. The molecule has 0 aliphatic carbocycles. The van der Waals surface area contributed by atoms with Crippen LogP contribution in [0, 0.1) is 13.8 Å². The van der Waals surface area contributed by atoms with Crippen molar-refractivity contribution in [3.05, 3.63) is 39.1 Å². The molecule has 0 saturated heterocycles. The first-order chi connectivity index (χ1) is 9.97. The number of benzene rings is 1. The van der Waals surface area contributed by atoms with E-state index in [4.69, 9.17) is 10.5 Å². The van der Waals surface area contributed by atoms with Crippen LogP contribution in [0.1, 0.15) is 36.4 Å². The van der Waals surface area contributed by atoms with Crippen LogP contribution in [0.25, 0.3) is 0 Å². The molecule has 4 nitrogen and oxygen atoms in total. The molecule has 2 aromatic rings. The van der Waals surface area contributed by atoms with Crippen molar-refractivity contribution < 1.29 is 4.74 Å². The van der Waals surface area contributed by atoms with Crippen LogP contribution in [-0.4, -0.2) is 9.78 Å². The molecule has 2 N–H and O–H groups in total. The van der Waals surface area contributed by atoms with Crippen LogP contribution in [0.15, 0.2) is 16.6 Å². The van der Waals surface area contributed by atoms with Gasteiger partial charge in [-0.05, 0) is 54.2 Å². The van der Waals surface area contributed by atoms with E-state index in [1.54, 1.807) is 0 Å². The van der Waals surface area contributed by atoms with Gasteiger partial charge in [0.25, 0.3) is 0 Å². The molecule has 0 saturated carbocycles. The van der Waals surface area contributed by atoms with Gasteiger partial charge in [0.1, 0.15) is 12.4 Å². The van der Waals surface area contributed by atoms with Crippen molar-refractivity contribution in [1.29, 1.82) is 0 Å². The van der Waals surface area contributed by atoms with Crippen LogP contribution in [0.5, 0.6) is 5.75 Å². The Hall–Kier alpha value is -1.49. The van der Waals surface area contributed by atoms with Gasteiger partial charge in [0, 0.05) is 18.3 Å². The van der Waals surface area contributed by atoms with Gasteiger partial charge < -0.3 is 10.5 Å². The lowest BCUT2D eigenvalue weighted by atomic mass is 10.1. The monoisotopic (exact) mass is 351 g/mol. The van der Waals surface area contributed by atoms with Crippen molar-refractivity contribution in [2.24, 2.45) is 0 Å². The third-order valence-electron chi connectivity index (χ3n) is 3.62. The molecule has 5 heteroatoms. The van der Waals surface area contributed by atoms with Gasteiger partial charge in [-0.25, -0.2) is 0 Å². The minimum atomic E-state index is 0.477. The molecule has 0 aliphatic heterocycles. The summed E-state index contributed by atoms with van der Waals surface area (Å²) in [5, 5.41) is 4.58. The Kier molecular flexibility index (Phi) is 4.93. The highest BCUT2D eigenvalue weighted by atomic mass is 79.9. The van der Waals surface area contributed by atoms with Gasteiger partial charge in [0.2, 0.25) is 0 Å². The number of nitrogens with two attached hydrogens (primary N) is 1. The molecule has 114 valence electrons. The quantitative estimate of drug-likeness (QED) is 0.828. The van der Waals surface area contributed by atoms with Crippen molar-refractivity contribution in [1.82, 2.24) is 9.78 Å². The minimum Gasteiger partial charge on any atom is -0.487 e. The Balaban J connectivity index is 2.24. The number of hydrogen-bond acceptors (Lipinski definition) is 3. The van der Waals surface area contributed by atoms with E-state index < -0.39 is 0 Å². The number of aromatic nitrogens is 2. The van der Waals surface area contributed by atoms with Crippen molar-refractivity contribution >= 4 is 21.6 Å². The predicted molar refractivity (Wildman–Crippen MR) is 89.6 cm³/mol. The molecule has 1 aromatic heterocycles. The maximum Gasteiger partial charge on any atom is 0.131 e. The van der Waals surface area contributed by atoms with Crippen LogP contribution in [0.4, 0.5) is 5.69 Å². The highest BCUT2D eigenvalue weighted by Crippen LogP contribution is 2.27. The normalized spacial score (nSPS) is 10.9. The minimum absolute atomic E-state index is 0.477. The van der Waals surface area contributed by atoms with E-state index in [9.17, 15) is 0 Å². The number of nitrogens with zero attached hydrogens (tertiary/aromatic N) is 2. The topological polar surface area (TPSA) is 53.1 Å². The van der Waals surface area contributed by atoms with E-state index in [-0.39, 0.29) is 0 Å². The van der Waals surface area contributed by atoms with Gasteiger partial charge in [-0.15, -0.1) is 0 Å². The third kappa shape index (κ3) is 3.23. The lowest BCUT2D eigenvalue weighted by Crippen LogP contribution is -2.07. The Morgan fingerprint density at radius 1 is 1.24 bits per heavy atom. The number of halogens is 1. The smallest absolute Gasteiger partial charge is 0.131 e. The molecule has 0 atom stereocenters. The molecule has 0 fully saturated rings. The number of ether oxygens (including phenoxy) is 1. The van der Waals surface area contributed by atoms with Crippen LogP contribution in [-0.2, 0) is 19.6 Å². The molecular formula is C16H22BrN3O. The molecule has 0 radical (unpaired) electrons. The first-order valence-corrected chi connectivity index (χ1v) is 8.00. The fourth-order valence-electron chi connectivity index (χ4n) is 2.30. The summed E-state index contributed by atoms with van der Waals surface area (Å²) in [6, 6.07) is 3.94. The summed E-state index contributed by atoms with van der Waals surface area (Å²) in [7, 11) is 0. The fourth-order valence-corrected chi connectivity index (χ4v) is 2.98. The summed E-state index contributed by atoms with van der Waals surface area (Å²) in [5.74, 6) is 0.826. The van der Waals surface area contributed by atoms with Gasteiger partial charge in [-0.2, -0.15) is 5.10 Å². The first-order valence-electron chi connectivity index (χ1n) is 7.21. The summed E-state index contributed by atoms with van der Waals surface area (Å²) in [6.45, 7) is 9.52. The summed E-state index contributed by atoms with van der Waals surface area (Å²) >= 11 is 3.63. The molecule has 0 unspecified atom stereocenters. The zero-order valence-corrected chi connectivity index (χ0v) is 14.6. The van der Waals surface area contributed by atoms with Crippen LogP contribution >= 0.6 is 15.9 Å². The van der Waals surface area contributed by atoms with Crippen LogP contribution < -0.4 is 10.5 Å². The molecular weight excluding hydrogens is 330 g/mol. The van der Waals surface area contributed by atoms with Gasteiger partial charge in [0.15, 0.2) is 0 Å². The van der Waals surface area contributed by atoms with Gasteiger partial charge in [0.05, 0.1) is 15.9 Å². The average Bonchev–Trinajstić information content (AvgIpc) is 2.77. The number of rotatable bonds is 5. The summed E-state index contributed by atoms with van der Waals surface area (Å²) in [5.41, 5.74) is 11.0. The standard InChI is InChI=1S/C16H22BrN3O/c1-5-13-16(17)14(20(6-2)19-13)9-21-15-8-12(18)10(3)7-11(15)4/h7-8H,5-6,9,18H2,1-4H3. The highest BCUT2D eigenvalue weighted by molar-refractivity contribution is 9.10. The molecule has 0 amide bonds. The third-order valence-corrected chi connectivity index (χ3v) is 4.54. The lowest BCUT2D eigenvalue weighted by molar-refractivity contribution is 0.290. The van der Waals surface area contributed by atoms with E-state index in [1.807, 2.05) is 30.7 Å². The van der Waals surface area contributed by atoms with Crippen LogP contribution in [0.3, 0.4) is 0 Å². The Bertz CT molecular complexity index is 649. The average molecular weight is 352 g/mol. The molecule has 1 heterocycles. The fraction of sp³-hybridized carbons (Fsp3) is 0.438. The second kappa shape index (κ2) is 6.52. The van der Waals surface area contributed by atoms with E-state index in [2.05, 4.69) is 34.9 Å². The largest absolute Gasteiger partial charge is 0.487 e. The van der Waals surface area contributed by atoms with E-state index in [0.717, 1.165) is 51.4 Å². The van der Waals surface area contributed by atoms with Crippen molar-refractivity contribution in [2.75, 3.05) is 5.73 Å².